The molecular weight excluding hydrogens is 240 g/mol. The highest BCUT2D eigenvalue weighted by Crippen LogP contribution is 2.28. The molecule has 19 heavy (non-hydrogen) atoms. The van der Waals surface area contributed by atoms with Gasteiger partial charge in [0.25, 0.3) is 0 Å². The minimum Gasteiger partial charge on any atom is -0.493 e. The highest BCUT2D eigenvalue weighted by Gasteiger charge is 2.08. The molecule has 1 aromatic carbocycles. The molecule has 1 N–H and O–H groups in total. The van der Waals surface area contributed by atoms with E-state index in [9.17, 15) is 4.79 Å². The summed E-state index contributed by atoms with van der Waals surface area (Å²) in [7, 11) is 0. The zero-order chi connectivity index (χ0) is 14.4. The lowest BCUT2D eigenvalue weighted by molar-refractivity contribution is -0.135. The maximum absolute atomic E-state index is 10.6. The number of hydrogen-bond donors (Lipinski definition) is 1. The fourth-order valence-corrected chi connectivity index (χ4v) is 1.94. The van der Waals surface area contributed by atoms with Crippen LogP contribution in [0, 0.1) is 13.8 Å². The lowest BCUT2D eigenvalue weighted by Gasteiger charge is -2.14. The first-order valence-corrected chi connectivity index (χ1v) is 6.59. The van der Waals surface area contributed by atoms with E-state index in [0.717, 1.165) is 34.4 Å². The standard InChI is InChI=1S/C16H22O3/c1-5-10-19-15-8-7-14(12(3)13(15)4)11(2)6-9-16(17)18/h6-8H,5,9-10H2,1-4H3,(H,17,18)/b11-6+. The zero-order valence-electron chi connectivity index (χ0n) is 12.1. The average molecular weight is 262 g/mol. The minimum atomic E-state index is -0.809. The lowest BCUT2D eigenvalue weighted by Crippen LogP contribution is -2.00. The molecule has 0 saturated heterocycles. The molecule has 1 rings (SSSR count). The number of aliphatic carboxylic acids is 1. The zero-order valence-corrected chi connectivity index (χ0v) is 12.1. The minimum absolute atomic E-state index is 0.0540. The molecule has 0 aliphatic rings. The molecule has 0 fully saturated rings. The molecule has 0 bridgehead atoms. The van der Waals surface area contributed by atoms with E-state index in [0.29, 0.717) is 6.61 Å². The predicted octanol–water partition coefficient (Wildman–Crippen LogP) is 3.97. The van der Waals surface area contributed by atoms with E-state index in [-0.39, 0.29) is 6.42 Å². The number of carbonyl (C=O) groups is 1. The van der Waals surface area contributed by atoms with Gasteiger partial charge in [-0.3, -0.25) is 4.79 Å². The van der Waals surface area contributed by atoms with Gasteiger partial charge >= 0.3 is 5.97 Å². The molecular formula is C16H22O3. The van der Waals surface area contributed by atoms with E-state index < -0.39 is 5.97 Å². The van der Waals surface area contributed by atoms with Crippen LogP contribution in [0.4, 0.5) is 0 Å². The monoisotopic (exact) mass is 262 g/mol. The normalized spacial score (nSPS) is 11.5. The topological polar surface area (TPSA) is 46.5 Å². The Morgan fingerprint density at radius 2 is 2.00 bits per heavy atom. The molecule has 1 aromatic rings. The van der Waals surface area contributed by atoms with Gasteiger partial charge in [-0.1, -0.05) is 19.1 Å². The fourth-order valence-electron chi connectivity index (χ4n) is 1.94. The Hall–Kier alpha value is -1.77. The van der Waals surface area contributed by atoms with Crippen LogP contribution in [-0.2, 0) is 4.79 Å². The number of carboxylic acids is 1. The number of hydrogen-bond acceptors (Lipinski definition) is 2. The largest absolute Gasteiger partial charge is 0.493 e. The van der Waals surface area contributed by atoms with Crippen molar-refractivity contribution >= 4 is 11.5 Å². The van der Waals surface area contributed by atoms with Gasteiger partial charge in [0.2, 0.25) is 0 Å². The smallest absolute Gasteiger partial charge is 0.307 e. The van der Waals surface area contributed by atoms with E-state index in [2.05, 4.69) is 6.92 Å². The van der Waals surface area contributed by atoms with Crippen molar-refractivity contribution in [1.29, 1.82) is 0 Å². The van der Waals surface area contributed by atoms with E-state index >= 15 is 0 Å². The van der Waals surface area contributed by atoms with Crippen LogP contribution >= 0.6 is 0 Å². The molecule has 104 valence electrons. The van der Waals surface area contributed by atoms with Crippen LogP contribution in [0.15, 0.2) is 18.2 Å². The molecule has 3 heteroatoms. The summed E-state index contributed by atoms with van der Waals surface area (Å²) < 4.78 is 5.69. The highest BCUT2D eigenvalue weighted by molar-refractivity contribution is 5.75. The third-order valence-corrected chi connectivity index (χ3v) is 3.21. The van der Waals surface area contributed by atoms with Crippen LogP contribution in [-0.4, -0.2) is 17.7 Å². The molecule has 3 nitrogen and oxygen atoms in total. The Labute approximate surface area is 114 Å². The summed E-state index contributed by atoms with van der Waals surface area (Å²) in [5.74, 6) is 0.103. The van der Waals surface area contributed by atoms with Gasteiger partial charge in [-0.15, -0.1) is 0 Å². The Bertz CT molecular complexity index is 487. The maximum Gasteiger partial charge on any atom is 0.307 e. The van der Waals surface area contributed by atoms with Gasteiger partial charge in [0, 0.05) is 0 Å². The Kier molecular flexibility index (Phi) is 5.61. The van der Waals surface area contributed by atoms with Crippen molar-refractivity contribution in [1.82, 2.24) is 0 Å². The Balaban J connectivity index is 3.01. The molecule has 0 radical (unpaired) electrons. The second kappa shape index (κ2) is 6.98. The lowest BCUT2D eigenvalue weighted by atomic mass is 9.96. The maximum atomic E-state index is 10.6. The molecule has 0 saturated carbocycles. The van der Waals surface area contributed by atoms with Gasteiger partial charge in [-0.05, 0) is 55.5 Å². The van der Waals surface area contributed by atoms with Crippen LogP contribution in [0.25, 0.3) is 5.57 Å². The summed E-state index contributed by atoms with van der Waals surface area (Å²) >= 11 is 0. The first kappa shape index (κ1) is 15.3. The predicted molar refractivity (Wildman–Crippen MR) is 77.6 cm³/mol. The molecule has 0 aliphatic heterocycles. The quantitative estimate of drug-likeness (QED) is 0.843. The number of carboxylic acid groups (broad SMARTS) is 1. The van der Waals surface area contributed by atoms with Crippen molar-refractivity contribution in [2.75, 3.05) is 6.61 Å². The number of rotatable bonds is 6. The number of allylic oxidation sites excluding steroid dienone is 1. The molecule has 0 aliphatic carbocycles. The first-order chi connectivity index (χ1) is 8.97. The van der Waals surface area contributed by atoms with E-state index in [4.69, 9.17) is 9.84 Å². The van der Waals surface area contributed by atoms with E-state index in [1.807, 2.05) is 32.9 Å². The van der Waals surface area contributed by atoms with Crippen LogP contribution in [0.2, 0.25) is 0 Å². The van der Waals surface area contributed by atoms with Gasteiger partial charge in [0.15, 0.2) is 0 Å². The molecule has 0 aromatic heterocycles. The van der Waals surface area contributed by atoms with Crippen molar-refractivity contribution in [3.8, 4) is 5.75 Å². The summed E-state index contributed by atoms with van der Waals surface area (Å²) in [4.78, 5) is 10.6. The Morgan fingerprint density at radius 3 is 2.58 bits per heavy atom. The molecule has 0 amide bonds. The molecule has 0 heterocycles. The van der Waals surface area contributed by atoms with Gasteiger partial charge in [0.1, 0.15) is 5.75 Å². The van der Waals surface area contributed by atoms with Crippen molar-refractivity contribution < 1.29 is 14.6 Å². The summed E-state index contributed by atoms with van der Waals surface area (Å²) in [6, 6.07) is 3.96. The van der Waals surface area contributed by atoms with Crippen LogP contribution < -0.4 is 4.74 Å². The van der Waals surface area contributed by atoms with E-state index in [1.54, 1.807) is 6.08 Å². The molecule has 0 atom stereocenters. The van der Waals surface area contributed by atoms with Crippen molar-refractivity contribution in [2.45, 2.75) is 40.5 Å². The summed E-state index contributed by atoms with van der Waals surface area (Å²) in [5.41, 5.74) is 4.34. The van der Waals surface area contributed by atoms with Gasteiger partial charge in [0.05, 0.1) is 13.0 Å². The highest BCUT2D eigenvalue weighted by atomic mass is 16.5. The van der Waals surface area contributed by atoms with Crippen molar-refractivity contribution in [3.05, 3.63) is 34.9 Å². The number of ether oxygens (including phenoxy) is 1. The second-order valence-electron chi connectivity index (χ2n) is 4.69. The Morgan fingerprint density at radius 1 is 1.32 bits per heavy atom. The summed E-state index contributed by atoms with van der Waals surface area (Å²) in [5, 5.41) is 8.71. The van der Waals surface area contributed by atoms with Crippen molar-refractivity contribution in [2.24, 2.45) is 0 Å². The molecule has 0 spiro atoms. The third kappa shape index (κ3) is 4.12. The van der Waals surface area contributed by atoms with Gasteiger partial charge in [-0.2, -0.15) is 0 Å². The molecule has 0 unspecified atom stereocenters. The fraction of sp³-hybridized carbons (Fsp3) is 0.438. The second-order valence-corrected chi connectivity index (χ2v) is 4.69. The van der Waals surface area contributed by atoms with Gasteiger partial charge < -0.3 is 9.84 Å². The van der Waals surface area contributed by atoms with Crippen LogP contribution in [0.5, 0.6) is 5.75 Å². The van der Waals surface area contributed by atoms with Crippen LogP contribution in [0.1, 0.15) is 43.4 Å². The van der Waals surface area contributed by atoms with E-state index in [1.165, 1.54) is 0 Å². The average Bonchev–Trinajstić information content (AvgIpc) is 2.37. The number of benzene rings is 1. The first-order valence-electron chi connectivity index (χ1n) is 6.59. The third-order valence-electron chi connectivity index (χ3n) is 3.21. The van der Waals surface area contributed by atoms with Gasteiger partial charge in [-0.25, -0.2) is 0 Å². The summed E-state index contributed by atoms with van der Waals surface area (Å²) in [6.45, 7) is 8.82. The SMILES string of the molecule is CCCOc1ccc(/C(C)=C/CC(=O)O)c(C)c1C. The summed E-state index contributed by atoms with van der Waals surface area (Å²) in [6.07, 6.45) is 2.78. The van der Waals surface area contributed by atoms with Crippen LogP contribution in [0.3, 0.4) is 0 Å². The van der Waals surface area contributed by atoms with Crippen molar-refractivity contribution in [3.63, 3.8) is 0 Å².